The van der Waals surface area contributed by atoms with Crippen LogP contribution in [0.15, 0.2) is 6.07 Å². The van der Waals surface area contributed by atoms with Crippen molar-refractivity contribution in [1.82, 2.24) is 9.97 Å². The van der Waals surface area contributed by atoms with Crippen molar-refractivity contribution in [3.05, 3.63) is 16.2 Å². The minimum atomic E-state index is 0.333. The highest BCUT2D eigenvalue weighted by atomic mass is 35.5. The van der Waals surface area contributed by atoms with E-state index in [-0.39, 0.29) is 0 Å². The summed E-state index contributed by atoms with van der Waals surface area (Å²) in [6.45, 7) is 4.32. The zero-order valence-electron chi connectivity index (χ0n) is 10.5. The molecule has 1 aliphatic carbocycles. The quantitative estimate of drug-likeness (QED) is 0.851. The van der Waals surface area contributed by atoms with Gasteiger partial charge >= 0.3 is 0 Å². The molecule has 1 aliphatic rings. The number of halogens is 1. The highest BCUT2D eigenvalue weighted by molar-refractivity contribution is 7.18. The molecular formula is C13H16ClN3S. The van der Waals surface area contributed by atoms with Crippen molar-refractivity contribution in [3.63, 3.8) is 0 Å². The average Bonchev–Trinajstić information content (AvgIpc) is 2.90. The second-order valence-corrected chi connectivity index (χ2v) is 6.53. The fourth-order valence-corrected chi connectivity index (χ4v) is 3.51. The molecule has 1 fully saturated rings. The first-order valence-electron chi connectivity index (χ1n) is 6.37. The summed E-state index contributed by atoms with van der Waals surface area (Å²) < 4.78 is 0. The number of aryl methyl sites for hydroxylation is 1. The van der Waals surface area contributed by atoms with Crippen LogP contribution >= 0.6 is 22.9 Å². The third-order valence-electron chi connectivity index (χ3n) is 3.39. The highest BCUT2D eigenvalue weighted by Crippen LogP contribution is 2.39. The van der Waals surface area contributed by atoms with Crippen LogP contribution in [0.1, 0.15) is 31.1 Å². The Labute approximate surface area is 116 Å². The van der Waals surface area contributed by atoms with Crippen molar-refractivity contribution >= 4 is 39.0 Å². The summed E-state index contributed by atoms with van der Waals surface area (Å²) in [6, 6.07) is 2.70. The number of anilines is 1. The van der Waals surface area contributed by atoms with Gasteiger partial charge < -0.3 is 5.32 Å². The summed E-state index contributed by atoms with van der Waals surface area (Å²) >= 11 is 7.64. The van der Waals surface area contributed by atoms with Gasteiger partial charge in [0.25, 0.3) is 0 Å². The van der Waals surface area contributed by atoms with Gasteiger partial charge in [0.15, 0.2) is 0 Å². The molecule has 2 atom stereocenters. The van der Waals surface area contributed by atoms with Gasteiger partial charge in [-0.3, -0.25) is 0 Å². The lowest BCUT2D eigenvalue weighted by molar-refractivity contribution is 0.692. The van der Waals surface area contributed by atoms with Gasteiger partial charge in [0.05, 0.1) is 5.39 Å². The van der Waals surface area contributed by atoms with E-state index in [0.29, 0.717) is 11.3 Å². The van der Waals surface area contributed by atoms with Crippen LogP contribution in [0.5, 0.6) is 0 Å². The smallest absolute Gasteiger partial charge is 0.225 e. The van der Waals surface area contributed by atoms with E-state index in [1.54, 1.807) is 11.3 Å². The first-order valence-corrected chi connectivity index (χ1v) is 7.57. The normalized spacial score (nSPS) is 22.4. The Morgan fingerprint density at radius 3 is 3.11 bits per heavy atom. The Morgan fingerprint density at radius 1 is 1.50 bits per heavy atom. The van der Waals surface area contributed by atoms with Gasteiger partial charge in [0.2, 0.25) is 5.28 Å². The standard InChI is InChI=1S/C13H16ClN3S/c1-3-4-8-6-10(8)15-11-9-5-7(2)18-12(9)17-13(14)16-11/h5,8,10H,3-4,6H2,1-2H3,(H,15,16,17). The summed E-state index contributed by atoms with van der Waals surface area (Å²) in [5.74, 6) is 1.71. The number of aromatic nitrogens is 2. The third kappa shape index (κ3) is 2.31. The number of thiophene rings is 1. The first-order chi connectivity index (χ1) is 8.67. The second kappa shape index (κ2) is 4.67. The molecule has 0 aromatic carbocycles. The van der Waals surface area contributed by atoms with E-state index < -0.39 is 0 Å². The maximum Gasteiger partial charge on any atom is 0.225 e. The van der Waals surface area contributed by atoms with Crippen LogP contribution in [0, 0.1) is 12.8 Å². The Kier molecular flexibility index (Phi) is 3.16. The van der Waals surface area contributed by atoms with E-state index in [0.717, 1.165) is 22.0 Å². The van der Waals surface area contributed by atoms with Crippen molar-refractivity contribution < 1.29 is 0 Å². The molecule has 0 amide bonds. The van der Waals surface area contributed by atoms with E-state index in [4.69, 9.17) is 11.6 Å². The van der Waals surface area contributed by atoms with E-state index in [2.05, 4.69) is 35.2 Å². The van der Waals surface area contributed by atoms with E-state index >= 15 is 0 Å². The first kappa shape index (κ1) is 12.2. The molecule has 2 aromatic rings. The molecule has 0 saturated heterocycles. The minimum Gasteiger partial charge on any atom is -0.366 e. The molecule has 3 nitrogen and oxygen atoms in total. The molecule has 3 rings (SSSR count). The van der Waals surface area contributed by atoms with Gasteiger partial charge in [-0.05, 0) is 43.4 Å². The second-order valence-electron chi connectivity index (χ2n) is 4.95. The Morgan fingerprint density at radius 2 is 2.33 bits per heavy atom. The molecule has 2 unspecified atom stereocenters. The van der Waals surface area contributed by atoms with E-state index in [1.807, 2.05) is 0 Å². The van der Waals surface area contributed by atoms with Gasteiger partial charge in [-0.25, -0.2) is 9.97 Å². The number of rotatable bonds is 4. The summed E-state index contributed by atoms with van der Waals surface area (Å²) in [5.41, 5.74) is 0. The lowest BCUT2D eigenvalue weighted by Crippen LogP contribution is -2.07. The lowest BCUT2D eigenvalue weighted by atomic mass is 10.2. The Balaban J connectivity index is 1.87. The van der Waals surface area contributed by atoms with Crippen LogP contribution in [0.4, 0.5) is 5.82 Å². The van der Waals surface area contributed by atoms with E-state index in [1.165, 1.54) is 24.1 Å². The van der Waals surface area contributed by atoms with Crippen molar-refractivity contribution in [2.24, 2.45) is 5.92 Å². The molecule has 18 heavy (non-hydrogen) atoms. The summed E-state index contributed by atoms with van der Waals surface area (Å²) in [6.07, 6.45) is 3.79. The molecule has 0 aliphatic heterocycles. The molecule has 0 bridgehead atoms. The maximum atomic E-state index is 5.98. The predicted octanol–water partition coefficient (Wildman–Crippen LogP) is 4.25. The fourth-order valence-electron chi connectivity index (χ4n) is 2.42. The number of nitrogens with zero attached hydrogens (tertiary/aromatic N) is 2. The number of hydrogen-bond donors (Lipinski definition) is 1. The summed E-state index contributed by atoms with van der Waals surface area (Å²) in [7, 11) is 0. The predicted molar refractivity (Wildman–Crippen MR) is 77.6 cm³/mol. The molecule has 2 aromatic heterocycles. The van der Waals surface area contributed by atoms with Crippen molar-refractivity contribution in [2.45, 2.75) is 39.2 Å². The van der Waals surface area contributed by atoms with Gasteiger partial charge in [0.1, 0.15) is 10.6 Å². The van der Waals surface area contributed by atoms with Gasteiger partial charge in [0, 0.05) is 10.9 Å². The van der Waals surface area contributed by atoms with Gasteiger partial charge in [-0.15, -0.1) is 11.3 Å². The number of hydrogen-bond acceptors (Lipinski definition) is 4. The zero-order valence-corrected chi connectivity index (χ0v) is 12.1. The molecule has 1 saturated carbocycles. The van der Waals surface area contributed by atoms with Crippen LogP contribution in [0.2, 0.25) is 5.28 Å². The molecule has 5 heteroatoms. The summed E-state index contributed by atoms with van der Waals surface area (Å²) in [5, 5.41) is 4.95. The lowest BCUT2D eigenvalue weighted by Gasteiger charge is -2.06. The molecule has 0 spiro atoms. The van der Waals surface area contributed by atoms with Crippen LogP contribution in [0.25, 0.3) is 10.2 Å². The van der Waals surface area contributed by atoms with Crippen molar-refractivity contribution in [1.29, 1.82) is 0 Å². The van der Waals surface area contributed by atoms with Crippen LogP contribution in [0.3, 0.4) is 0 Å². The molecule has 1 N–H and O–H groups in total. The number of fused-ring (bicyclic) bond motifs is 1. The molecule has 2 heterocycles. The number of nitrogens with one attached hydrogen (secondary N) is 1. The minimum absolute atomic E-state index is 0.333. The molecular weight excluding hydrogens is 266 g/mol. The van der Waals surface area contributed by atoms with Gasteiger partial charge in [-0.1, -0.05) is 13.3 Å². The average molecular weight is 282 g/mol. The monoisotopic (exact) mass is 281 g/mol. The van der Waals surface area contributed by atoms with Crippen molar-refractivity contribution in [2.75, 3.05) is 5.32 Å². The van der Waals surface area contributed by atoms with Crippen LogP contribution in [-0.2, 0) is 0 Å². The molecule has 0 radical (unpaired) electrons. The maximum absolute atomic E-state index is 5.98. The Hall–Kier alpha value is -0.870. The Bertz CT molecular complexity index is 581. The zero-order chi connectivity index (χ0) is 12.7. The summed E-state index contributed by atoms with van der Waals surface area (Å²) in [4.78, 5) is 10.8. The molecule has 96 valence electrons. The third-order valence-corrected chi connectivity index (χ3v) is 4.51. The highest BCUT2D eigenvalue weighted by Gasteiger charge is 2.36. The van der Waals surface area contributed by atoms with Crippen LogP contribution in [-0.4, -0.2) is 16.0 Å². The topological polar surface area (TPSA) is 37.8 Å². The van der Waals surface area contributed by atoms with E-state index in [9.17, 15) is 0 Å². The fraction of sp³-hybridized carbons (Fsp3) is 0.538. The van der Waals surface area contributed by atoms with Gasteiger partial charge in [-0.2, -0.15) is 0 Å². The largest absolute Gasteiger partial charge is 0.366 e. The van der Waals surface area contributed by atoms with Crippen molar-refractivity contribution in [3.8, 4) is 0 Å². The SMILES string of the molecule is CCCC1CC1Nc1nc(Cl)nc2sc(C)cc12. The van der Waals surface area contributed by atoms with Crippen LogP contribution < -0.4 is 5.32 Å².